The van der Waals surface area contributed by atoms with Gasteiger partial charge in [-0.3, -0.25) is 0 Å². The predicted molar refractivity (Wildman–Crippen MR) is 73.3 cm³/mol. The summed E-state index contributed by atoms with van der Waals surface area (Å²) in [5.74, 6) is 0.733. The van der Waals surface area contributed by atoms with Gasteiger partial charge in [0.15, 0.2) is 11.5 Å². The van der Waals surface area contributed by atoms with Crippen LogP contribution < -0.4 is 4.74 Å². The molecule has 3 nitrogen and oxygen atoms in total. The summed E-state index contributed by atoms with van der Waals surface area (Å²) in [6, 6.07) is 13.7. The average molecular weight is 256 g/mol. The van der Waals surface area contributed by atoms with Gasteiger partial charge in [-0.15, -0.1) is 0 Å². The number of phenolic OH excluding ortho intramolecular Hbond substituents is 1. The highest BCUT2D eigenvalue weighted by molar-refractivity contribution is 5.73. The minimum Gasteiger partial charge on any atom is -0.504 e. The molecule has 1 N–H and O–H groups in total. The molecule has 1 aliphatic heterocycles. The number of hydrogen-bond acceptors (Lipinski definition) is 3. The van der Waals surface area contributed by atoms with Crippen LogP contribution in [0.4, 0.5) is 0 Å². The first kappa shape index (κ1) is 12.1. The van der Waals surface area contributed by atoms with Gasteiger partial charge in [0.25, 0.3) is 0 Å². The van der Waals surface area contributed by atoms with Gasteiger partial charge in [0, 0.05) is 18.6 Å². The third kappa shape index (κ3) is 2.17. The molecule has 1 atom stereocenters. The molecule has 0 bridgehead atoms. The van der Waals surface area contributed by atoms with Crippen molar-refractivity contribution in [2.45, 2.75) is 19.6 Å². The molecule has 19 heavy (non-hydrogen) atoms. The molecule has 98 valence electrons. The molecule has 1 heterocycles. The van der Waals surface area contributed by atoms with Gasteiger partial charge in [0.1, 0.15) is 0 Å². The maximum Gasteiger partial charge on any atom is 0.204 e. The fourth-order valence-electron chi connectivity index (χ4n) is 2.46. The van der Waals surface area contributed by atoms with E-state index >= 15 is 0 Å². The van der Waals surface area contributed by atoms with E-state index < -0.39 is 0 Å². The number of fused-ring (bicyclic) bond motifs is 1. The van der Waals surface area contributed by atoms with Gasteiger partial charge in [0.05, 0.1) is 0 Å². The maximum atomic E-state index is 9.91. The first-order chi connectivity index (χ1) is 9.29. The summed E-state index contributed by atoms with van der Waals surface area (Å²) in [4.78, 5) is 0. The Morgan fingerprint density at radius 2 is 2.00 bits per heavy atom. The Morgan fingerprint density at radius 3 is 2.74 bits per heavy atom. The summed E-state index contributed by atoms with van der Waals surface area (Å²) < 4.78 is 11.2. The van der Waals surface area contributed by atoms with Crippen LogP contribution in [0.1, 0.15) is 12.5 Å². The van der Waals surface area contributed by atoms with Crippen LogP contribution >= 0.6 is 0 Å². The van der Waals surface area contributed by atoms with Crippen molar-refractivity contribution >= 4 is 0 Å². The Labute approximate surface area is 112 Å². The lowest BCUT2D eigenvalue weighted by molar-refractivity contribution is -0.0610. The van der Waals surface area contributed by atoms with Crippen molar-refractivity contribution in [2.75, 3.05) is 6.61 Å². The number of rotatable bonds is 3. The first-order valence-electron chi connectivity index (χ1n) is 6.48. The minimum absolute atomic E-state index is 0.178. The van der Waals surface area contributed by atoms with Crippen molar-refractivity contribution in [2.24, 2.45) is 0 Å². The van der Waals surface area contributed by atoms with Crippen molar-refractivity contribution in [3.63, 3.8) is 0 Å². The Kier molecular flexibility index (Phi) is 3.13. The Bertz CT molecular complexity index is 578. The summed E-state index contributed by atoms with van der Waals surface area (Å²) >= 11 is 0. The van der Waals surface area contributed by atoms with Crippen LogP contribution in [0.15, 0.2) is 42.5 Å². The highest BCUT2D eigenvalue weighted by Crippen LogP contribution is 2.43. The van der Waals surface area contributed by atoms with E-state index in [1.54, 1.807) is 6.07 Å². The normalized spacial score (nSPS) is 17.0. The zero-order valence-corrected chi connectivity index (χ0v) is 10.8. The summed E-state index contributed by atoms with van der Waals surface area (Å²) in [5.41, 5.74) is 3.24. The molecule has 2 aromatic rings. The molecule has 0 saturated heterocycles. The summed E-state index contributed by atoms with van der Waals surface area (Å²) in [5, 5.41) is 9.91. The molecule has 1 aliphatic rings. The van der Waals surface area contributed by atoms with Crippen LogP contribution in [0, 0.1) is 0 Å². The molecular weight excluding hydrogens is 240 g/mol. The van der Waals surface area contributed by atoms with E-state index in [2.05, 4.69) is 12.1 Å². The second-order valence-electron chi connectivity index (χ2n) is 4.51. The Hall–Kier alpha value is -2.00. The van der Waals surface area contributed by atoms with Crippen molar-refractivity contribution in [3.8, 4) is 22.6 Å². The van der Waals surface area contributed by atoms with E-state index in [9.17, 15) is 5.11 Å². The monoisotopic (exact) mass is 256 g/mol. The third-order valence-corrected chi connectivity index (χ3v) is 3.30. The van der Waals surface area contributed by atoms with E-state index in [4.69, 9.17) is 9.47 Å². The van der Waals surface area contributed by atoms with Gasteiger partial charge < -0.3 is 14.6 Å². The quantitative estimate of drug-likeness (QED) is 0.915. The lowest BCUT2D eigenvalue weighted by atomic mass is 9.97. The van der Waals surface area contributed by atoms with E-state index in [1.165, 1.54) is 0 Å². The lowest BCUT2D eigenvalue weighted by Crippen LogP contribution is -2.17. The molecule has 0 radical (unpaired) electrons. The molecule has 3 heteroatoms. The number of hydrogen-bond donors (Lipinski definition) is 1. The van der Waals surface area contributed by atoms with Gasteiger partial charge in [-0.1, -0.05) is 36.4 Å². The maximum absolute atomic E-state index is 9.91. The molecule has 3 rings (SSSR count). The van der Waals surface area contributed by atoms with Gasteiger partial charge in [0.2, 0.25) is 6.29 Å². The highest BCUT2D eigenvalue weighted by atomic mass is 16.7. The standard InChI is InChI=1S/C16H16O3/c1-2-18-15-10-13-12(11-6-4-3-5-7-11)8-9-14(17)16(13)19-15/h3-9,15,17H,2,10H2,1H3. The predicted octanol–water partition coefficient (Wildman–Crippen LogP) is 3.36. The number of benzene rings is 2. The molecule has 0 aliphatic carbocycles. The molecule has 0 fully saturated rings. The third-order valence-electron chi connectivity index (χ3n) is 3.30. The molecule has 0 saturated carbocycles. The average Bonchev–Trinajstić information content (AvgIpc) is 2.85. The number of ether oxygens (including phenoxy) is 2. The Morgan fingerprint density at radius 1 is 1.21 bits per heavy atom. The number of aromatic hydroxyl groups is 1. The van der Waals surface area contributed by atoms with Crippen molar-refractivity contribution < 1.29 is 14.6 Å². The SMILES string of the molecule is CCOC1Cc2c(-c3ccccc3)ccc(O)c2O1. The van der Waals surface area contributed by atoms with Crippen LogP contribution in [-0.2, 0) is 11.2 Å². The highest BCUT2D eigenvalue weighted by Gasteiger charge is 2.28. The van der Waals surface area contributed by atoms with Gasteiger partial charge in [-0.05, 0) is 24.1 Å². The van der Waals surface area contributed by atoms with E-state index in [0.29, 0.717) is 18.8 Å². The number of phenols is 1. The smallest absolute Gasteiger partial charge is 0.204 e. The van der Waals surface area contributed by atoms with Gasteiger partial charge >= 0.3 is 0 Å². The largest absolute Gasteiger partial charge is 0.504 e. The zero-order valence-electron chi connectivity index (χ0n) is 10.8. The molecule has 1 unspecified atom stereocenters. The van der Waals surface area contributed by atoms with Gasteiger partial charge in [-0.2, -0.15) is 0 Å². The second kappa shape index (κ2) is 4.94. The van der Waals surface area contributed by atoms with Crippen molar-refractivity contribution in [1.29, 1.82) is 0 Å². The second-order valence-corrected chi connectivity index (χ2v) is 4.51. The minimum atomic E-state index is -0.296. The fourth-order valence-corrected chi connectivity index (χ4v) is 2.46. The summed E-state index contributed by atoms with van der Waals surface area (Å²) in [7, 11) is 0. The lowest BCUT2D eigenvalue weighted by Gasteiger charge is -2.09. The van der Waals surface area contributed by atoms with E-state index in [1.807, 2.05) is 31.2 Å². The van der Waals surface area contributed by atoms with E-state index in [-0.39, 0.29) is 12.0 Å². The summed E-state index contributed by atoms with van der Waals surface area (Å²) in [6.07, 6.45) is 0.373. The van der Waals surface area contributed by atoms with Crippen molar-refractivity contribution in [3.05, 3.63) is 48.0 Å². The molecular formula is C16H16O3. The zero-order chi connectivity index (χ0) is 13.2. The first-order valence-corrected chi connectivity index (χ1v) is 6.48. The van der Waals surface area contributed by atoms with Crippen LogP contribution in [-0.4, -0.2) is 18.0 Å². The molecule has 2 aromatic carbocycles. The van der Waals surface area contributed by atoms with Crippen LogP contribution in [0.2, 0.25) is 0 Å². The van der Waals surface area contributed by atoms with Crippen LogP contribution in [0.25, 0.3) is 11.1 Å². The van der Waals surface area contributed by atoms with Crippen LogP contribution in [0.5, 0.6) is 11.5 Å². The molecule has 0 amide bonds. The summed E-state index contributed by atoms with van der Waals surface area (Å²) in [6.45, 7) is 2.53. The Balaban J connectivity index is 2.04. The van der Waals surface area contributed by atoms with E-state index in [0.717, 1.165) is 16.7 Å². The fraction of sp³-hybridized carbons (Fsp3) is 0.250. The molecule has 0 spiro atoms. The van der Waals surface area contributed by atoms with Gasteiger partial charge in [-0.25, -0.2) is 0 Å². The molecule has 0 aromatic heterocycles. The van der Waals surface area contributed by atoms with Crippen molar-refractivity contribution in [1.82, 2.24) is 0 Å². The topological polar surface area (TPSA) is 38.7 Å². The van der Waals surface area contributed by atoms with Crippen LogP contribution in [0.3, 0.4) is 0 Å².